The first kappa shape index (κ1) is 19.0. The molecule has 4 aromatic rings. The molecule has 0 aliphatic rings. The highest BCUT2D eigenvalue weighted by Gasteiger charge is 2.09. The zero-order valence-corrected chi connectivity index (χ0v) is 17.2. The topological polar surface area (TPSA) is 55.1 Å². The summed E-state index contributed by atoms with van der Waals surface area (Å²) in [5.74, 6) is 0.796. The second kappa shape index (κ2) is 7.97. The number of hydrogen-bond acceptors (Lipinski definition) is 4. The average Bonchev–Trinajstić information content (AvgIpc) is 3.26. The first-order valence-corrected chi connectivity index (χ1v) is 10.0. The first-order valence-electron chi connectivity index (χ1n) is 8.08. The SMILES string of the molecule is O=C(/C=C/c1ccc(-c2ccc(Cl)cc2Cl)o1)Nc1nc2cc(Cl)ccc2s1. The standard InChI is InChI=1S/C20H11Cl3N2O2S/c21-11-1-5-14(15(23)9-11)17-6-3-13(27-17)4-8-19(26)25-20-24-16-10-12(22)2-7-18(16)28-20/h1-10H,(H,24,25,26)/b8-4+. The largest absolute Gasteiger partial charge is 0.457 e. The summed E-state index contributed by atoms with van der Waals surface area (Å²) in [5, 5.41) is 4.88. The molecule has 8 heteroatoms. The Labute approximate surface area is 179 Å². The van der Waals surface area contributed by atoms with Crippen molar-refractivity contribution < 1.29 is 9.21 Å². The highest BCUT2D eigenvalue weighted by atomic mass is 35.5. The Morgan fingerprint density at radius 1 is 1.04 bits per heavy atom. The van der Waals surface area contributed by atoms with E-state index in [9.17, 15) is 4.79 Å². The number of fused-ring (bicyclic) bond motifs is 1. The van der Waals surface area contributed by atoms with E-state index in [4.69, 9.17) is 39.2 Å². The summed E-state index contributed by atoms with van der Waals surface area (Å²) in [7, 11) is 0. The summed E-state index contributed by atoms with van der Waals surface area (Å²) < 4.78 is 6.67. The molecular formula is C20H11Cl3N2O2S. The van der Waals surface area contributed by atoms with Gasteiger partial charge in [-0.2, -0.15) is 0 Å². The van der Waals surface area contributed by atoms with Gasteiger partial charge in [-0.25, -0.2) is 4.98 Å². The lowest BCUT2D eigenvalue weighted by atomic mass is 10.2. The molecule has 0 spiro atoms. The van der Waals surface area contributed by atoms with Crippen LogP contribution in [0.2, 0.25) is 15.1 Å². The summed E-state index contributed by atoms with van der Waals surface area (Å²) >= 11 is 19.4. The van der Waals surface area contributed by atoms with Gasteiger partial charge in [0.2, 0.25) is 5.91 Å². The number of carbonyl (C=O) groups is 1. The lowest BCUT2D eigenvalue weighted by Gasteiger charge is -2.00. The molecule has 2 aromatic carbocycles. The lowest BCUT2D eigenvalue weighted by Crippen LogP contribution is -2.07. The predicted molar refractivity (Wildman–Crippen MR) is 116 cm³/mol. The Kier molecular flexibility index (Phi) is 5.42. The predicted octanol–water partition coefficient (Wildman–Crippen LogP) is 7.17. The molecule has 0 saturated carbocycles. The van der Waals surface area contributed by atoms with Crippen molar-refractivity contribution >= 4 is 73.5 Å². The minimum atomic E-state index is -0.312. The zero-order chi connectivity index (χ0) is 19.7. The van der Waals surface area contributed by atoms with Crippen molar-refractivity contribution in [1.29, 1.82) is 0 Å². The second-order valence-corrected chi connectivity index (χ2v) is 8.09. The number of anilines is 1. The molecule has 140 valence electrons. The van der Waals surface area contributed by atoms with E-state index in [0.717, 1.165) is 15.8 Å². The van der Waals surface area contributed by atoms with Crippen molar-refractivity contribution in [3.8, 4) is 11.3 Å². The first-order chi connectivity index (χ1) is 13.5. The molecular weight excluding hydrogens is 439 g/mol. The van der Waals surface area contributed by atoms with Crippen LogP contribution < -0.4 is 5.32 Å². The normalized spacial score (nSPS) is 11.4. The molecule has 0 atom stereocenters. The van der Waals surface area contributed by atoms with E-state index in [1.165, 1.54) is 17.4 Å². The van der Waals surface area contributed by atoms with Crippen LogP contribution in [0.15, 0.2) is 59.0 Å². The number of halogens is 3. The van der Waals surface area contributed by atoms with Gasteiger partial charge in [-0.3, -0.25) is 10.1 Å². The quantitative estimate of drug-likeness (QED) is 0.336. The molecule has 0 bridgehead atoms. The minimum Gasteiger partial charge on any atom is -0.457 e. The van der Waals surface area contributed by atoms with Gasteiger partial charge >= 0.3 is 0 Å². The van der Waals surface area contributed by atoms with Gasteiger partial charge < -0.3 is 4.42 Å². The summed E-state index contributed by atoms with van der Waals surface area (Å²) in [6, 6.07) is 14.1. The van der Waals surface area contributed by atoms with E-state index < -0.39 is 0 Å². The van der Waals surface area contributed by atoms with Crippen LogP contribution >= 0.6 is 46.1 Å². The highest BCUT2D eigenvalue weighted by molar-refractivity contribution is 7.22. The van der Waals surface area contributed by atoms with Crippen LogP contribution in [0.25, 0.3) is 27.6 Å². The third kappa shape index (κ3) is 4.23. The minimum absolute atomic E-state index is 0.312. The summed E-state index contributed by atoms with van der Waals surface area (Å²) in [4.78, 5) is 16.5. The Hall–Kier alpha value is -2.31. The summed E-state index contributed by atoms with van der Waals surface area (Å²) in [6.45, 7) is 0. The average molecular weight is 450 g/mol. The van der Waals surface area contributed by atoms with Gasteiger partial charge in [0.05, 0.1) is 15.2 Å². The molecule has 4 nitrogen and oxygen atoms in total. The van der Waals surface area contributed by atoms with Gasteiger partial charge in [0.25, 0.3) is 0 Å². The van der Waals surface area contributed by atoms with Crippen LogP contribution in [0.3, 0.4) is 0 Å². The third-order valence-corrected chi connectivity index (χ3v) is 5.54. The van der Waals surface area contributed by atoms with Crippen LogP contribution in [0.1, 0.15) is 5.76 Å². The molecule has 0 unspecified atom stereocenters. The number of nitrogens with zero attached hydrogens (tertiary/aromatic N) is 1. The smallest absolute Gasteiger partial charge is 0.250 e. The molecule has 0 saturated heterocycles. The number of aromatic nitrogens is 1. The van der Waals surface area contributed by atoms with Crippen molar-refractivity contribution in [3.05, 3.63) is 75.4 Å². The summed E-state index contributed by atoms with van der Waals surface area (Å²) in [6.07, 6.45) is 2.96. The Morgan fingerprint density at radius 2 is 1.82 bits per heavy atom. The van der Waals surface area contributed by atoms with E-state index in [1.807, 2.05) is 6.07 Å². The number of rotatable bonds is 4. The van der Waals surface area contributed by atoms with Gasteiger partial charge in [-0.05, 0) is 54.6 Å². The number of benzene rings is 2. The van der Waals surface area contributed by atoms with Crippen molar-refractivity contribution in [3.63, 3.8) is 0 Å². The second-order valence-electron chi connectivity index (χ2n) is 5.78. The van der Waals surface area contributed by atoms with Crippen LogP contribution in [0.5, 0.6) is 0 Å². The number of furan rings is 1. The monoisotopic (exact) mass is 448 g/mol. The maximum Gasteiger partial charge on any atom is 0.250 e. The van der Waals surface area contributed by atoms with E-state index in [1.54, 1.807) is 48.5 Å². The van der Waals surface area contributed by atoms with Gasteiger partial charge in [-0.15, -0.1) is 0 Å². The van der Waals surface area contributed by atoms with Crippen molar-refractivity contribution in [2.45, 2.75) is 0 Å². The van der Waals surface area contributed by atoms with Crippen LogP contribution in [-0.4, -0.2) is 10.9 Å². The fourth-order valence-electron chi connectivity index (χ4n) is 2.54. The van der Waals surface area contributed by atoms with Crippen LogP contribution in [-0.2, 0) is 4.79 Å². The molecule has 0 aliphatic heterocycles. The van der Waals surface area contributed by atoms with Gasteiger partial charge in [-0.1, -0.05) is 46.1 Å². The summed E-state index contributed by atoms with van der Waals surface area (Å²) in [5.41, 5.74) is 1.47. The van der Waals surface area contributed by atoms with Gasteiger partial charge in [0.15, 0.2) is 5.13 Å². The Morgan fingerprint density at radius 3 is 2.64 bits per heavy atom. The van der Waals surface area contributed by atoms with E-state index in [0.29, 0.717) is 31.7 Å². The number of amides is 1. The molecule has 1 amide bonds. The van der Waals surface area contributed by atoms with E-state index in [2.05, 4.69) is 10.3 Å². The van der Waals surface area contributed by atoms with Crippen molar-refractivity contribution in [1.82, 2.24) is 4.98 Å². The maximum absolute atomic E-state index is 12.2. The number of nitrogens with one attached hydrogen (secondary N) is 1. The fourth-order valence-corrected chi connectivity index (χ4v) is 4.05. The van der Waals surface area contributed by atoms with E-state index >= 15 is 0 Å². The van der Waals surface area contributed by atoms with Crippen molar-refractivity contribution in [2.24, 2.45) is 0 Å². The molecule has 1 N–H and O–H groups in total. The molecule has 0 fully saturated rings. The molecule has 4 rings (SSSR count). The maximum atomic E-state index is 12.2. The Bertz CT molecular complexity index is 1210. The van der Waals surface area contributed by atoms with Gasteiger partial charge in [0.1, 0.15) is 11.5 Å². The molecule has 0 radical (unpaired) electrons. The van der Waals surface area contributed by atoms with Crippen molar-refractivity contribution in [2.75, 3.05) is 5.32 Å². The van der Waals surface area contributed by atoms with Gasteiger partial charge in [0, 0.05) is 21.7 Å². The molecule has 0 aliphatic carbocycles. The van der Waals surface area contributed by atoms with Crippen LogP contribution in [0, 0.1) is 0 Å². The fraction of sp³-hybridized carbons (Fsp3) is 0. The zero-order valence-electron chi connectivity index (χ0n) is 14.1. The number of carbonyl (C=O) groups excluding carboxylic acids is 1. The number of thiazole rings is 1. The Balaban J connectivity index is 1.46. The highest BCUT2D eigenvalue weighted by Crippen LogP contribution is 2.32. The van der Waals surface area contributed by atoms with Crippen LogP contribution in [0.4, 0.5) is 5.13 Å². The third-order valence-electron chi connectivity index (χ3n) is 3.80. The van der Waals surface area contributed by atoms with E-state index in [-0.39, 0.29) is 5.91 Å². The molecule has 28 heavy (non-hydrogen) atoms. The lowest BCUT2D eigenvalue weighted by molar-refractivity contribution is -0.111. The molecule has 2 aromatic heterocycles. The molecule has 2 heterocycles. The number of hydrogen-bond donors (Lipinski definition) is 1.